The molecule has 1 saturated heterocycles. The number of likely N-dealkylation sites (N-methyl/N-ethyl adjacent to an activating group) is 1. The molecule has 12 nitrogen and oxygen atoms in total. The average molecular weight is 648 g/mol. The molecule has 0 bridgehead atoms. The van der Waals surface area contributed by atoms with Crippen molar-refractivity contribution in [2.45, 2.75) is 56.0 Å². The van der Waals surface area contributed by atoms with E-state index < -0.39 is 58.7 Å². The quantitative estimate of drug-likeness (QED) is 0.188. The highest BCUT2D eigenvalue weighted by Gasteiger charge is 2.67. The number of nitrogens with one attached hydrogen (secondary N) is 1. The fourth-order valence-electron chi connectivity index (χ4n) is 8.46. The first-order chi connectivity index (χ1) is 22.2. The fourth-order valence-corrected chi connectivity index (χ4v) is 8.46. The minimum absolute atomic E-state index is 0.0601. The van der Waals surface area contributed by atoms with E-state index in [2.05, 4.69) is 22.3 Å². The number of piperidine rings is 1. The van der Waals surface area contributed by atoms with Crippen LogP contribution in [-0.4, -0.2) is 113 Å². The monoisotopic (exact) mass is 647 g/mol. The lowest BCUT2D eigenvalue weighted by Gasteiger charge is -2.53. The van der Waals surface area contributed by atoms with Gasteiger partial charge in [0.05, 0.1) is 17.4 Å². The Morgan fingerprint density at radius 3 is 2.34 bits per heavy atom. The number of aliphatic hydroxyl groups is 3. The summed E-state index contributed by atoms with van der Waals surface area (Å²) >= 11 is 0. The number of ketones is 2. The number of anilines is 2. The summed E-state index contributed by atoms with van der Waals surface area (Å²) in [7, 11) is 6.99. The van der Waals surface area contributed by atoms with Crippen molar-refractivity contribution in [3.8, 4) is 5.75 Å². The number of carbonyl (C=O) groups excluding carboxylic acids is 3. The average Bonchev–Trinajstić information content (AvgIpc) is 3.01. The minimum Gasteiger partial charge on any atom is -0.507 e. The van der Waals surface area contributed by atoms with Gasteiger partial charge in [-0.3, -0.25) is 19.3 Å². The van der Waals surface area contributed by atoms with Crippen LogP contribution in [0.25, 0.3) is 5.76 Å². The van der Waals surface area contributed by atoms with Crippen LogP contribution < -0.4 is 16.0 Å². The Bertz CT molecular complexity index is 1620. The Labute approximate surface area is 274 Å². The SMILES string of the molecule is CN(C)c1cc(NC2CCN(Cc3ccccc3)CC2)c(O)c2c1C[C@@H]1C[C@@H]3[C@@H](N(C)C)C(O)C(C(N)=O)C(=O)[C@]3(O)C(=O)C1=C2O. The lowest BCUT2D eigenvalue weighted by atomic mass is 9.54. The molecule has 4 aliphatic rings. The van der Waals surface area contributed by atoms with Crippen molar-refractivity contribution in [1.29, 1.82) is 0 Å². The molecule has 7 N–H and O–H groups in total. The van der Waals surface area contributed by atoms with Gasteiger partial charge in [0.1, 0.15) is 17.4 Å². The van der Waals surface area contributed by atoms with Crippen molar-refractivity contribution in [3.05, 3.63) is 58.7 Å². The smallest absolute Gasteiger partial charge is 0.230 e. The van der Waals surface area contributed by atoms with Gasteiger partial charge in [-0.05, 0) is 62.9 Å². The topological polar surface area (TPSA) is 180 Å². The van der Waals surface area contributed by atoms with Gasteiger partial charge in [0.2, 0.25) is 11.7 Å². The van der Waals surface area contributed by atoms with Gasteiger partial charge in [0.15, 0.2) is 11.4 Å². The number of primary amides is 1. The second-order valence-electron chi connectivity index (χ2n) is 14.0. The van der Waals surface area contributed by atoms with E-state index in [9.17, 15) is 34.8 Å². The fraction of sp³-hybridized carbons (Fsp3) is 0.514. The molecule has 2 aromatic rings. The number of phenolic OH excluding ortho intramolecular Hbond substituents is 1. The molecule has 1 aliphatic heterocycles. The van der Waals surface area contributed by atoms with Gasteiger partial charge in [0.25, 0.3) is 0 Å². The number of amides is 1. The second-order valence-corrected chi connectivity index (χ2v) is 14.0. The van der Waals surface area contributed by atoms with Crippen LogP contribution in [0.15, 0.2) is 42.0 Å². The number of carbonyl (C=O) groups is 3. The van der Waals surface area contributed by atoms with Crippen molar-refractivity contribution >= 4 is 34.6 Å². The lowest BCUT2D eigenvalue weighted by Crippen LogP contribution is -2.73. The number of hydrogen-bond acceptors (Lipinski definition) is 11. The van der Waals surface area contributed by atoms with Crippen LogP contribution in [0.4, 0.5) is 11.4 Å². The van der Waals surface area contributed by atoms with Crippen molar-refractivity contribution in [3.63, 3.8) is 0 Å². The third-order valence-electron chi connectivity index (χ3n) is 10.7. The van der Waals surface area contributed by atoms with Gasteiger partial charge >= 0.3 is 0 Å². The molecule has 6 rings (SSSR count). The van der Waals surface area contributed by atoms with Crippen LogP contribution in [0.2, 0.25) is 0 Å². The number of benzene rings is 2. The van der Waals surface area contributed by atoms with Crippen LogP contribution >= 0.6 is 0 Å². The third-order valence-corrected chi connectivity index (χ3v) is 10.7. The summed E-state index contributed by atoms with van der Waals surface area (Å²) < 4.78 is 0. The van der Waals surface area contributed by atoms with Gasteiger partial charge in [-0.25, -0.2) is 0 Å². The van der Waals surface area contributed by atoms with E-state index >= 15 is 0 Å². The molecule has 1 amide bonds. The van der Waals surface area contributed by atoms with Crippen molar-refractivity contribution in [2.24, 2.45) is 23.5 Å². The summed E-state index contributed by atoms with van der Waals surface area (Å²) in [5, 5.41) is 49.9. The first-order valence-electron chi connectivity index (χ1n) is 16.2. The molecule has 3 aliphatic carbocycles. The molecule has 47 heavy (non-hydrogen) atoms. The predicted octanol–water partition coefficient (Wildman–Crippen LogP) is 1.27. The van der Waals surface area contributed by atoms with Crippen LogP contribution in [-0.2, 0) is 27.3 Å². The summed E-state index contributed by atoms with van der Waals surface area (Å²) in [4.78, 5) is 46.0. The molecule has 12 heteroatoms. The minimum atomic E-state index is -2.69. The van der Waals surface area contributed by atoms with Gasteiger partial charge < -0.3 is 41.3 Å². The first-order valence-corrected chi connectivity index (χ1v) is 16.2. The summed E-state index contributed by atoms with van der Waals surface area (Å²) in [6.45, 7) is 2.60. The summed E-state index contributed by atoms with van der Waals surface area (Å²) in [5.41, 5.74) is 5.79. The molecule has 2 unspecified atom stereocenters. The van der Waals surface area contributed by atoms with E-state index in [0.29, 0.717) is 11.3 Å². The Balaban J connectivity index is 1.34. The Kier molecular flexibility index (Phi) is 8.58. The van der Waals surface area contributed by atoms with Gasteiger partial charge in [-0.2, -0.15) is 0 Å². The Morgan fingerprint density at radius 2 is 1.74 bits per heavy atom. The predicted molar refractivity (Wildman–Crippen MR) is 177 cm³/mol. The molecule has 1 heterocycles. The van der Waals surface area contributed by atoms with Crippen LogP contribution in [0, 0.1) is 17.8 Å². The molecule has 2 saturated carbocycles. The summed E-state index contributed by atoms with van der Waals surface area (Å²) in [6, 6.07) is 11.3. The van der Waals surface area contributed by atoms with Crippen LogP contribution in [0.1, 0.15) is 36.0 Å². The number of fused-ring (bicyclic) bond motifs is 3. The number of rotatable bonds is 7. The molecule has 3 fully saturated rings. The zero-order valence-corrected chi connectivity index (χ0v) is 27.3. The Morgan fingerprint density at radius 1 is 1.09 bits per heavy atom. The number of hydrogen-bond donors (Lipinski definition) is 6. The maximum Gasteiger partial charge on any atom is 0.230 e. The zero-order chi connectivity index (χ0) is 33.9. The number of likely N-dealkylation sites (tertiary alicyclic amines) is 1. The van der Waals surface area contributed by atoms with Gasteiger partial charge in [0, 0.05) is 63.0 Å². The highest BCUT2D eigenvalue weighted by atomic mass is 16.3. The molecule has 252 valence electrons. The lowest BCUT2D eigenvalue weighted by molar-refractivity contribution is -0.184. The molecule has 0 radical (unpaired) electrons. The van der Waals surface area contributed by atoms with Crippen molar-refractivity contribution in [2.75, 3.05) is 51.5 Å². The molecule has 2 aromatic carbocycles. The largest absolute Gasteiger partial charge is 0.507 e. The molecule has 6 atom stereocenters. The van der Waals surface area contributed by atoms with E-state index in [0.717, 1.165) is 38.2 Å². The molecule has 0 spiro atoms. The highest BCUT2D eigenvalue weighted by molar-refractivity contribution is 6.25. The van der Waals surface area contributed by atoms with Crippen molar-refractivity contribution < 1.29 is 34.8 Å². The number of nitrogens with zero attached hydrogens (tertiary/aromatic N) is 3. The van der Waals surface area contributed by atoms with E-state index in [1.54, 1.807) is 19.0 Å². The number of Topliss-reactive ketones (excluding diaryl/α,β-unsaturated/α-hetero) is 2. The van der Waals surface area contributed by atoms with Crippen LogP contribution in [0.3, 0.4) is 0 Å². The number of aliphatic hydroxyl groups excluding tert-OH is 2. The van der Waals surface area contributed by atoms with Gasteiger partial charge in [-0.1, -0.05) is 30.3 Å². The van der Waals surface area contributed by atoms with E-state index in [4.69, 9.17) is 5.73 Å². The molecular formula is C35H45N5O7. The summed E-state index contributed by atoms with van der Waals surface area (Å²) in [6.07, 6.45) is 0.474. The number of phenols is 1. The Hall–Kier alpha value is -3.97. The van der Waals surface area contributed by atoms with Gasteiger partial charge in [-0.15, -0.1) is 0 Å². The van der Waals surface area contributed by atoms with E-state index in [1.807, 2.05) is 43.3 Å². The first kappa shape index (κ1) is 33.0. The van der Waals surface area contributed by atoms with E-state index in [-0.39, 0.29) is 35.8 Å². The molecular weight excluding hydrogens is 602 g/mol. The maximum absolute atomic E-state index is 14.2. The highest BCUT2D eigenvalue weighted by Crippen LogP contribution is 2.54. The normalized spacial score (nSPS) is 29.7. The van der Waals surface area contributed by atoms with Crippen molar-refractivity contribution in [1.82, 2.24) is 9.80 Å². The maximum atomic E-state index is 14.2. The standard InChI is InChI=1S/C35H45N5O7/c1-38(2)24-16-23(37-20-10-12-40(13-11-20)17-18-8-6-5-7-9-18)29(41)26-21(24)14-19-15-22-28(39(3)4)31(43)27(34(36)46)33(45)35(22,47)32(44)25(19)30(26)42/h5-9,16,19-20,22,27-28,31,37,41-43,47H,10-15,17H2,1-4H3,(H2,36,46)/t19-,22-,27?,28-,31?,35-/m1/s1. The van der Waals surface area contributed by atoms with Crippen LogP contribution in [0.5, 0.6) is 5.75 Å². The second kappa shape index (κ2) is 12.2. The number of nitrogens with two attached hydrogens (primary N) is 1. The third kappa shape index (κ3) is 5.37. The summed E-state index contributed by atoms with van der Waals surface area (Å²) in [5.74, 6) is -7.51. The molecule has 0 aromatic heterocycles. The number of aromatic hydroxyl groups is 1. The van der Waals surface area contributed by atoms with E-state index in [1.165, 1.54) is 5.56 Å². The zero-order valence-electron chi connectivity index (χ0n) is 27.3.